The number of hydrogen-bond acceptors (Lipinski definition) is 5. The second-order valence-electron chi connectivity index (χ2n) is 4.69. The molecular weight excluding hydrogens is 316 g/mol. The number of halogens is 1. The molecule has 0 radical (unpaired) electrons. The zero-order valence-corrected chi connectivity index (χ0v) is 13.5. The first kappa shape index (κ1) is 17.9. The Kier molecular flexibility index (Phi) is 6.15. The summed E-state index contributed by atoms with van der Waals surface area (Å²) in [7, 11) is -2.32. The van der Waals surface area contributed by atoms with E-state index in [0.717, 1.165) is 0 Å². The van der Waals surface area contributed by atoms with Gasteiger partial charge in [0.25, 0.3) is 0 Å². The third-order valence-corrected chi connectivity index (χ3v) is 5.31. The largest absolute Gasteiger partial charge is 0.465 e. The Balaban J connectivity index is 0.00000220. The molecular formula is C13H19ClN2O4S. The average Bonchev–Trinajstić information content (AvgIpc) is 2.47. The number of nitrogens with zero attached hydrogens (tertiary/aromatic N) is 1. The van der Waals surface area contributed by atoms with Crippen molar-refractivity contribution < 1.29 is 17.9 Å². The number of rotatable bonds is 3. The number of piperazine rings is 1. The maximum absolute atomic E-state index is 12.6. The van der Waals surface area contributed by atoms with Crippen LogP contribution in [-0.4, -0.2) is 51.5 Å². The second kappa shape index (κ2) is 7.22. The van der Waals surface area contributed by atoms with Gasteiger partial charge in [0.15, 0.2) is 0 Å². The Labute approximate surface area is 130 Å². The highest BCUT2D eigenvalue weighted by atomic mass is 35.5. The summed E-state index contributed by atoms with van der Waals surface area (Å²) in [5, 5.41) is 3.15. The van der Waals surface area contributed by atoms with E-state index in [9.17, 15) is 13.2 Å². The number of hydrogen-bond donors (Lipinski definition) is 1. The van der Waals surface area contributed by atoms with E-state index in [1.165, 1.54) is 29.6 Å². The van der Waals surface area contributed by atoms with Crippen LogP contribution in [0.2, 0.25) is 0 Å². The van der Waals surface area contributed by atoms with Crippen LogP contribution in [0.4, 0.5) is 0 Å². The molecule has 1 fully saturated rings. The summed E-state index contributed by atoms with van der Waals surface area (Å²) in [6, 6.07) is 5.82. The van der Waals surface area contributed by atoms with Gasteiger partial charge in [-0.05, 0) is 25.1 Å². The van der Waals surface area contributed by atoms with Crippen molar-refractivity contribution in [2.45, 2.75) is 17.9 Å². The maximum atomic E-state index is 12.6. The first-order chi connectivity index (χ1) is 9.46. The van der Waals surface area contributed by atoms with Crippen LogP contribution < -0.4 is 5.32 Å². The highest BCUT2D eigenvalue weighted by Gasteiger charge is 2.31. The fourth-order valence-corrected chi connectivity index (χ4v) is 3.89. The topological polar surface area (TPSA) is 75.7 Å². The van der Waals surface area contributed by atoms with Gasteiger partial charge in [-0.25, -0.2) is 13.2 Å². The fourth-order valence-electron chi connectivity index (χ4n) is 2.22. The minimum absolute atomic E-state index is 0. The zero-order chi connectivity index (χ0) is 14.8. The molecule has 0 bridgehead atoms. The van der Waals surface area contributed by atoms with Crippen LogP contribution in [0.3, 0.4) is 0 Å². The van der Waals surface area contributed by atoms with Gasteiger partial charge < -0.3 is 10.1 Å². The summed E-state index contributed by atoms with van der Waals surface area (Å²) in [6.07, 6.45) is 0. The van der Waals surface area contributed by atoms with Gasteiger partial charge in [0.1, 0.15) is 0 Å². The van der Waals surface area contributed by atoms with E-state index in [0.29, 0.717) is 19.6 Å². The van der Waals surface area contributed by atoms with Crippen molar-refractivity contribution in [1.82, 2.24) is 9.62 Å². The van der Waals surface area contributed by atoms with E-state index in [1.54, 1.807) is 6.07 Å². The van der Waals surface area contributed by atoms with Crippen LogP contribution in [0.5, 0.6) is 0 Å². The van der Waals surface area contributed by atoms with E-state index in [-0.39, 0.29) is 28.9 Å². The highest BCUT2D eigenvalue weighted by Crippen LogP contribution is 2.20. The summed E-state index contributed by atoms with van der Waals surface area (Å²) in [6.45, 7) is 3.52. The van der Waals surface area contributed by atoms with Gasteiger partial charge in [-0.1, -0.05) is 6.07 Å². The quantitative estimate of drug-likeness (QED) is 0.830. The number of benzene rings is 1. The molecule has 1 N–H and O–H groups in total. The predicted octanol–water partition coefficient (Wildman–Crippen LogP) is 0.877. The van der Waals surface area contributed by atoms with Crippen molar-refractivity contribution >= 4 is 28.4 Å². The van der Waals surface area contributed by atoms with Crippen LogP contribution in [-0.2, 0) is 14.8 Å². The molecule has 2 rings (SSSR count). The lowest BCUT2D eigenvalue weighted by atomic mass is 10.2. The number of sulfonamides is 1. The number of ether oxygens (including phenoxy) is 1. The van der Waals surface area contributed by atoms with Crippen molar-refractivity contribution in [2.75, 3.05) is 26.7 Å². The smallest absolute Gasteiger partial charge is 0.337 e. The molecule has 0 saturated carbocycles. The molecule has 118 valence electrons. The lowest BCUT2D eigenvalue weighted by Crippen LogP contribution is -2.52. The third-order valence-electron chi connectivity index (χ3n) is 3.30. The van der Waals surface area contributed by atoms with Crippen LogP contribution in [0.1, 0.15) is 17.3 Å². The monoisotopic (exact) mass is 334 g/mol. The highest BCUT2D eigenvalue weighted by molar-refractivity contribution is 7.89. The van der Waals surface area contributed by atoms with Crippen molar-refractivity contribution in [1.29, 1.82) is 0 Å². The normalized spacial score (nSPS) is 19.6. The van der Waals surface area contributed by atoms with E-state index < -0.39 is 16.0 Å². The maximum Gasteiger partial charge on any atom is 0.337 e. The minimum Gasteiger partial charge on any atom is -0.465 e. The molecule has 8 heteroatoms. The van der Waals surface area contributed by atoms with E-state index >= 15 is 0 Å². The zero-order valence-electron chi connectivity index (χ0n) is 11.9. The minimum atomic E-state index is -3.59. The summed E-state index contributed by atoms with van der Waals surface area (Å²) in [5.41, 5.74) is 0.233. The van der Waals surface area contributed by atoms with Gasteiger partial charge in [0.05, 0.1) is 17.6 Å². The molecule has 0 aliphatic carbocycles. The van der Waals surface area contributed by atoms with Crippen molar-refractivity contribution in [3.8, 4) is 0 Å². The molecule has 1 aliphatic rings. The number of esters is 1. The Bertz CT molecular complexity index is 606. The van der Waals surface area contributed by atoms with E-state index in [2.05, 4.69) is 10.1 Å². The molecule has 0 unspecified atom stereocenters. The van der Waals surface area contributed by atoms with Gasteiger partial charge in [-0.3, -0.25) is 0 Å². The summed E-state index contributed by atoms with van der Waals surface area (Å²) < 4.78 is 31.3. The molecule has 0 spiro atoms. The SMILES string of the molecule is COC(=O)c1cccc(S(=O)(=O)N2CCNC[C@H]2C)c1.Cl. The Morgan fingerprint density at radius 1 is 1.43 bits per heavy atom. The van der Waals surface area contributed by atoms with Gasteiger partial charge in [-0.15, -0.1) is 12.4 Å². The van der Waals surface area contributed by atoms with Crippen LogP contribution in [0.25, 0.3) is 0 Å². The van der Waals surface area contributed by atoms with Crippen molar-refractivity contribution in [3.05, 3.63) is 29.8 Å². The Morgan fingerprint density at radius 2 is 2.14 bits per heavy atom. The van der Waals surface area contributed by atoms with E-state index in [4.69, 9.17) is 0 Å². The summed E-state index contributed by atoms with van der Waals surface area (Å²) in [4.78, 5) is 11.6. The lowest BCUT2D eigenvalue weighted by molar-refractivity contribution is 0.0600. The molecule has 6 nitrogen and oxygen atoms in total. The molecule has 1 aromatic rings. The third kappa shape index (κ3) is 3.74. The van der Waals surface area contributed by atoms with Crippen LogP contribution in [0.15, 0.2) is 29.2 Å². The van der Waals surface area contributed by atoms with Gasteiger partial charge in [0, 0.05) is 25.7 Å². The van der Waals surface area contributed by atoms with Gasteiger partial charge >= 0.3 is 5.97 Å². The number of carbonyl (C=O) groups excluding carboxylic acids is 1. The number of carbonyl (C=O) groups is 1. The standard InChI is InChI=1S/C13H18N2O4S.ClH/c1-10-9-14-6-7-15(10)20(17,18)12-5-3-4-11(8-12)13(16)19-2;/h3-5,8,10,14H,6-7,9H2,1-2H3;1H/t10-;/m1./s1. The predicted molar refractivity (Wildman–Crippen MR) is 81.3 cm³/mol. The molecule has 1 heterocycles. The molecule has 1 aromatic carbocycles. The van der Waals surface area contributed by atoms with E-state index in [1.807, 2.05) is 6.92 Å². The Morgan fingerprint density at radius 3 is 2.76 bits per heavy atom. The number of nitrogens with one attached hydrogen (secondary N) is 1. The first-order valence-electron chi connectivity index (χ1n) is 6.38. The molecule has 21 heavy (non-hydrogen) atoms. The summed E-state index contributed by atoms with van der Waals surface area (Å²) in [5.74, 6) is -0.546. The molecule has 0 aromatic heterocycles. The van der Waals surface area contributed by atoms with Crippen LogP contribution in [0, 0.1) is 0 Å². The number of methoxy groups -OCH3 is 1. The van der Waals surface area contributed by atoms with Crippen molar-refractivity contribution in [2.24, 2.45) is 0 Å². The lowest BCUT2D eigenvalue weighted by Gasteiger charge is -2.32. The average molecular weight is 335 g/mol. The Hall–Kier alpha value is -1.15. The van der Waals surface area contributed by atoms with Gasteiger partial charge in [0.2, 0.25) is 10.0 Å². The first-order valence-corrected chi connectivity index (χ1v) is 7.82. The van der Waals surface area contributed by atoms with Crippen LogP contribution >= 0.6 is 12.4 Å². The molecule has 1 atom stereocenters. The van der Waals surface area contributed by atoms with Crippen molar-refractivity contribution in [3.63, 3.8) is 0 Å². The molecule has 0 amide bonds. The summed E-state index contributed by atoms with van der Waals surface area (Å²) >= 11 is 0. The second-order valence-corrected chi connectivity index (χ2v) is 6.58. The fraction of sp³-hybridized carbons (Fsp3) is 0.462. The molecule has 1 saturated heterocycles. The van der Waals surface area contributed by atoms with Gasteiger partial charge in [-0.2, -0.15) is 4.31 Å². The molecule has 1 aliphatic heterocycles.